The van der Waals surface area contributed by atoms with Crippen molar-refractivity contribution in [2.45, 2.75) is 13.8 Å². The van der Waals surface area contributed by atoms with E-state index in [0.717, 1.165) is 0 Å². The number of terminal acetylenes is 1. The quantitative estimate of drug-likeness (QED) is 0.306. The maximum atomic E-state index is 4.99. The fourth-order valence-corrected chi connectivity index (χ4v) is 0. The average Bonchev–Trinajstić information content (AvgIpc) is 1.35. The molecule has 0 aromatic heterocycles. The van der Waals surface area contributed by atoms with Crippen molar-refractivity contribution in [1.29, 1.82) is 0 Å². The van der Waals surface area contributed by atoms with E-state index in [4.69, 9.17) is 6.42 Å². The first-order valence-corrected chi connectivity index (χ1v) is 1.89. The highest BCUT2D eigenvalue weighted by Crippen LogP contribution is 2.07. The van der Waals surface area contributed by atoms with Crippen LogP contribution in [-0.4, -0.2) is 0 Å². The predicted molar refractivity (Wildman–Crippen MR) is 28.0 cm³/mol. The fraction of sp³-hybridized carbons (Fsp3) is 0.500. The summed E-state index contributed by atoms with van der Waals surface area (Å²) in [5, 5.41) is 0. The number of hydrogen-bond donors (Lipinski definition) is 0. The Morgan fingerprint density at radius 3 is 1.83 bits per heavy atom. The third-order valence-corrected chi connectivity index (χ3v) is 0.391. The molecule has 0 heteroatoms. The van der Waals surface area contributed by atoms with Crippen LogP contribution in [0, 0.1) is 24.7 Å². The van der Waals surface area contributed by atoms with Crippen molar-refractivity contribution in [3.8, 4) is 12.3 Å². The first kappa shape index (κ1) is 5.56. The van der Waals surface area contributed by atoms with Crippen LogP contribution in [0.4, 0.5) is 0 Å². The van der Waals surface area contributed by atoms with E-state index in [-0.39, 0.29) is 5.41 Å². The zero-order chi connectivity index (χ0) is 5.21. The van der Waals surface area contributed by atoms with Gasteiger partial charge >= 0.3 is 0 Å². The average molecular weight is 81.1 g/mol. The van der Waals surface area contributed by atoms with Crippen molar-refractivity contribution in [3.63, 3.8) is 0 Å². The van der Waals surface area contributed by atoms with Gasteiger partial charge in [-0.2, -0.15) is 0 Å². The van der Waals surface area contributed by atoms with Gasteiger partial charge in [0, 0.05) is 0 Å². The lowest BCUT2D eigenvalue weighted by Crippen LogP contribution is -1.98. The summed E-state index contributed by atoms with van der Waals surface area (Å²) >= 11 is 0. The summed E-state index contributed by atoms with van der Waals surface area (Å²) in [5.41, 5.74) is -0.181. The lowest BCUT2D eigenvalue weighted by molar-refractivity contribution is 0.651. The van der Waals surface area contributed by atoms with Crippen LogP contribution in [0.1, 0.15) is 13.8 Å². The Morgan fingerprint density at radius 1 is 1.67 bits per heavy atom. The highest BCUT2D eigenvalue weighted by molar-refractivity contribution is 5.01. The van der Waals surface area contributed by atoms with Crippen molar-refractivity contribution in [3.05, 3.63) is 6.92 Å². The van der Waals surface area contributed by atoms with Gasteiger partial charge in [0.15, 0.2) is 0 Å². The Hall–Kier alpha value is -0.440. The molecule has 0 bridgehead atoms. The standard InChI is InChI=1S/C6H9/c1-5-6(2,3)4/h1H,2H2,3-4H3/q-1. The summed E-state index contributed by atoms with van der Waals surface area (Å²) in [5.74, 6) is 2.49. The van der Waals surface area contributed by atoms with E-state index in [1.807, 2.05) is 13.8 Å². The van der Waals surface area contributed by atoms with Crippen LogP contribution in [0.5, 0.6) is 0 Å². The Bertz CT molecular complexity index is 67.0. The zero-order valence-corrected chi connectivity index (χ0v) is 4.28. The van der Waals surface area contributed by atoms with Crippen molar-refractivity contribution in [2.24, 2.45) is 5.41 Å². The molecule has 0 N–H and O–H groups in total. The minimum absolute atomic E-state index is 0.181. The third-order valence-electron chi connectivity index (χ3n) is 0.391. The molecule has 0 aliphatic rings. The fourth-order valence-electron chi connectivity index (χ4n) is 0. The van der Waals surface area contributed by atoms with Gasteiger partial charge in [0.1, 0.15) is 0 Å². The lowest BCUT2D eigenvalue weighted by Gasteiger charge is -2.15. The van der Waals surface area contributed by atoms with Crippen LogP contribution in [0.15, 0.2) is 0 Å². The van der Waals surface area contributed by atoms with Crippen molar-refractivity contribution < 1.29 is 0 Å². The molecule has 0 saturated heterocycles. The first-order chi connectivity index (χ1) is 2.56. The molecule has 0 aliphatic heterocycles. The molecule has 34 valence electrons. The van der Waals surface area contributed by atoms with E-state index in [9.17, 15) is 0 Å². The summed E-state index contributed by atoms with van der Waals surface area (Å²) in [6.45, 7) is 7.44. The second-order valence-electron chi connectivity index (χ2n) is 2.03. The van der Waals surface area contributed by atoms with Gasteiger partial charge < -0.3 is 6.92 Å². The van der Waals surface area contributed by atoms with Crippen LogP contribution < -0.4 is 0 Å². The molecule has 0 nitrogen and oxygen atoms in total. The van der Waals surface area contributed by atoms with Crippen LogP contribution in [0.2, 0.25) is 0 Å². The minimum Gasteiger partial charge on any atom is -0.326 e. The smallest absolute Gasteiger partial charge is 0.0770 e. The Balaban J connectivity index is 3.55. The summed E-state index contributed by atoms with van der Waals surface area (Å²) < 4.78 is 0. The molecule has 0 atom stereocenters. The van der Waals surface area contributed by atoms with Crippen molar-refractivity contribution in [1.82, 2.24) is 0 Å². The van der Waals surface area contributed by atoms with Crippen LogP contribution in [-0.2, 0) is 0 Å². The summed E-state index contributed by atoms with van der Waals surface area (Å²) in [6.07, 6.45) is 4.99. The summed E-state index contributed by atoms with van der Waals surface area (Å²) in [4.78, 5) is 0. The van der Waals surface area contributed by atoms with Gasteiger partial charge in [0.05, 0.1) is 0 Å². The van der Waals surface area contributed by atoms with Gasteiger partial charge in [0.2, 0.25) is 0 Å². The Morgan fingerprint density at radius 2 is 1.83 bits per heavy atom. The normalized spacial score (nSPS) is 10.3. The van der Waals surface area contributed by atoms with E-state index >= 15 is 0 Å². The maximum absolute atomic E-state index is 4.99. The molecule has 0 heterocycles. The molecule has 0 saturated carbocycles. The Kier molecular flexibility index (Phi) is 1.24. The highest BCUT2D eigenvalue weighted by atomic mass is 14.0. The Labute approximate surface area is 39.6 Å². The third kappa shape index (κ3) is 3.56. The van der Waals surface area contributed by atoms with E-state index < -0.39 is 0 Å². The number of hydrogen-bond acceptors (Lipinski definition) is 0. The van der Waals surface area contributed by atoms with Crippen molar-refractivity contribution in [2.75, 3.05) is 0 Å². The van der Waals surface area contributed by atoms with E-state index in [1.54, 1.807) is 0 Å². The zero-order valence-electron chi connectivity index (χ0n) is 4.28. The van der Waals surface area contributed by atoms with Crippen LogP contribution in [0.25, 0.3) is 0 Å². The molecular weight excluding hydrogens is 72.1 g/mol. The molecular formula is C6H9-. The highest BCUT2D eigenvalue weighted by Gasteiger charge is 1.90. The van der Waals surface area contributed by atoms with Crippen molar-refractivity contribution >= 4 is 0 Å². The minimum atomic E-state index is -0.181. The molecule has 0 fully saturated rings. The maximum Gasteiger partial charge on any atom is -0.0770 e. The van der Waals surface area contributed by atoms with E-state index in [1.165, 1.54) is 0 Å². The van der Waals surface area contributed by atoms with Gasteiger partial charge in [-0.15, -0.1) is 17.8 Å². The predicted octanol–water partition coefficient (Wildman–Crippen LogP) is 1.48. The molecule has 0 spiro atoms. The van der Waals surface area contributed by atoms with Gasteiger partial charge in [-0.25, -0.2) is 0 Å². The first-order valence-electron chi connectivity index (χ1n) is 1.89. The second kappa shape index (κ2) is 1.34. The molecule has 0 amide bonds. The molecule has 0 rings (SSSR count). The largest absolute Gasteiger partial charge is 0.326 e. The van der Waals surface area contributed by atoms with E-state index in [0.29, 0.717) is 0 Å². The number of rotatable bonds is 0. The van der Waals surface area contributed by atoms with E-state index in [2.05, 4.69) is 12.8 Å². The topological polar surface area (TPSA) is 0 Å². The molecule has 0 unspecified atom stereocenters. The molecule has 0 aromatic rings. The lowest BCUT2D eigenvalue weighted by atomic mass is 9.99. The van der Waals surface area contributed by atoms with Crippen LogP contribution >= 0.6 is 0 Å². The summed E-state index contributed by atoms with van der Waals surface area (Å²) in [6, 6.07) is 0. The van der Waals surface area contributed by atoms with Gasteiger partial charge in [-0.1, -0.05) is 13.8 Å². The second-order valence-corrected chi connectivity index (χ2v) is 2.03. The van der Waals surface area contributed by atoms with Crippen LogP contribution in [0.3, 0.4) is 0 Å². The summed E-state index contributed by atoms with van der Waals surface area (Å²) in [7, 11) is 0. The van der Waals surface area contributed by atoms with Gasteiger partial charge in [-0.3, -0.25) is 0 Å². The molecule has 0 aliphatic carbocycles. The van der Waals surface area contributed by atoms with Gasteiger partial charge in [0.25, 0.3) is 0 Å². The van der Waals surface area contributed by atoms with Gasteiger partial charge in [-0.05, 0) is 0 Å². The SMILES string of the molecule is C#CC([CH2-])(C)C. The molecule has 0 radical (unpaired) electrons. The molecule has 6 heavy (non-hydrogen) atoms. The molecule has 0 aromatic carbocycles. The monoisotopic (exact) mass is 81.1 g/mol.